The van der Waals surface area contributed by atoms with Crippen molar-refractivity contribution in [3.63, 3.8) is 0 Å². The molecule has 5 heteroatoms. The molecule has 3 nitrogen and oxygen atoms in total. The van der Waals surface area contributed by atoms with Gasteiger partial charge in [-0.05, 0) is 53.6 Å². The Morgan fingerprint density at radius 3 is 2.45 bits per heavy atom. The van der Waals surface area contributed by atoms with E-state index >= 15 is 0 Å². The quantitative estimate of drug-likeness (QED) is 0.373. The Hall–Kier alpha value is -3.18. The normalized spacial score (nSPS) is 14.6. The van der Waals surface area contributed by atoms with E-state index in [1.54, 1.807) is 24.3 Å². The third-order valence-electron chi connectivity index (χ3n) is 4.52. The molecule has 0 saturated carbocycles. The molecule has 0 amide bonds. The Balaban J connectivity index is 1.56. The lowest BCUT2D eigenvalue weighted by Crippen LogP contribution is -2.02. The molecular formula is C24H17BrFNO2. The summed E-state index contributed by atoms with van der Waals surface area (Å²) in [6.07, 6.45) is 3.56. The smallest absolute Gasteiger partial charge is 0.343 e. The topological polar surface area (TPSA) is 38.3 Å². The number of cyclic esters (lactones) is 1. The van der Waals surface area contributed by atoms with Crippen LogP contribution in [0.25, 0.3) is 11.8 Å². The molecule has 0 spiro atoms. The van der Waals surface area contributed by atoms with Crippen LogP contribution >= 0.6 is 15.9 Å². The number of ether oxygens (including phenoxy) is 1. The molecule has 0 unspecified atom stereocenters. The lowest BCUT2D eigenvalue weighted by atomic mass is 10.1. The van der Waals surface area contributed by atoms with Gasteiger partial charge in [-0.15, -0.1) is 0 Å². The van der Waals surface area contributed by atoms with Crippen LogP contribution in [-0.2, 0) is 16.1 Å². The molecule has 0 atom stereocenters. The number of halogens is 2. The van der Waals surface area contributed by atoms with Gasteiger partial charge >= 0.3 is 5.97 Å². The van der Waals surface area contributed by atoms with Crippen molar-refractivity contribution < 1.29 is 13.9 Å². The molecule has 0 aromatic heterocycles. The number of para-hydroxylation sites is 1. The number of carbonyl (C=O) groups is 1. The lowest BCUT2D eigenvalue weighted by molar-refractivity contribution is -0.130. The van der Waals surface area contributed by atoms with Gasteiger partial charge in [0.2, 0.25) is 0 Å². The number of esters is 1. The maximum Gasteiger partial charge on any atom is 0.343 e. The molecule has 0 fully saturated rings. The molecule has 1 aliphatic heterocycles. The zero-order chi connectivity index (χ0) is 20.2. The molecule has 1 aliphatic rings. The fourth-order valence-corrected chi connectivity index (χ4v) is 3.26. The number of rotatable bonds is 5. The predicted molar refractivity (Wildman–Crippen MR) is 116 cm³/mol. The van der Waals surface area contributed by atoms with Crippen LogP contribution in [-0.4, -0.2) is 5.97 Å². The largest absolute Gasteiger partial charge is 0.422 e. The molecule has 29 heavy (non-hydrogen) atoms. The van der Waals surface area contributed by atoms with Gasteiger partial charge in [0.1, 0.15) is 11.6 Å². The predicted octanol–water partition coefficient (Wildman–Crippen LogP) is 6.18. The van der Waals surface area contributed by atoms with Gasteiger partial charge in [-0.3, -0.25) is 0 Å². The first-order valence-corrected chi connectivity index (χ1v) is 9.87. The number of hydrogen-bond donors (Lipinski definition) is 1. The summed E-state index contributed by atoms with van der Waals surface area (Å²) >= 11 is 3.40. The minimum Gasteiger partial charge on any atom is -0.422 e. The first-order chi connectivity index (χ1) is 14.1. The summed E-state index contributed by atoms with van der Waals surface area (Å²) in [5.74, 6) is -0.103. The molecule has 0 bridgehead atoms. The molecule has 1 N–H and O–H groups in total. The van der Waals surface area contributed by atoms with Gasteiger partial charge in [-0.25, -0.2) is 9.18 Å². The standard InChI is InChI=1S/C24H17BrFNO2/c25-20-9-7-17(8-10-20)23-14-19(24(28)29-23)13-18-3-1-2-4-22(18)27-15-16-5-11-21(26)12-6-16/h1-14,27H,15H2/b19-13+. The van der Waals surface area contributed by atoms with E-state index in [-0.39, 0.29) is 11.8 Å². The highest BCUT2D eigenvalue weighted by Gasteiger charge is 2.22. The fraction of sp³-hybridized carbons (Fsp3) is 0.0417. The molecule has 0 saturated heterocycles. The Morgan fingerprint density at radius 2 is 1.69 bits per heavy atom. The van der Waals surface area contributed by atoms with E-state index in [4.69, 9.17) is 4.74 Å². The van der Waals surface area contributed by atoms with Gasteiger partial charge in [-0.2, -0.15) is 0 Å². The van der Waals surface area contributed by atoms with Crippen LogP contribution in [0.1, 0.15) is 16.7 Å². The molecule has 4 rings (SSSR count). The Bertz CT molecular complexity index is 1100. The maximum atomic E-state index is 13.1. The first-order valence-electron chi connectivity index (χ1n) is 9.07. The van der Waals surface area contributed by atoms with Gasteiger partial charge in [0.05, 0.1) is 5.57 Å². The summed E-state index contributed by atoms with van der Waals surface area (Å²) in [5.41, 5.74) is 4.04. The van der Waals surface area contributed by atoms with Crippen molar-refractivity contribution in [1.82, 2.24) is 0 Å². The van der Waals surface area contributed by atoms with E-state index in [1.165, 1.54) is 12.1 Å². The van der Waals surface area contributed by atoms with Crippen molar-refractivity contribution in [2.75, 3.05) is 5.32 Å². The molecule has 3 aromatic carbocycles. The van der Waals surface area contributed by atoms with Gasteiger partial charge in [0.15, 0.2) is 0 Å². The highest BCUT2D eigenvalue weighted by Crippen LogP contribution is 2.29. The van der Waals surface area contributed by atoms with Gasteiger partial charge < -0.3 is 10.1 Å². The minimum atomic E-state index is -0.378. The molecule has 0 aliphatic carbocycles. The second-order valence-electron chi connectivity index (χ2n) is 6.57. The third-order valence-corrected chi connectivity index (χ3v) is 5.05. The third kappa shape index (κ3) is 4.63. The molecular weight excluding hydrogens is 433 g/mol. The van der Waals surface area contributed by atoms with Gasteiger partial charge in [0.25, 0.3) is 0 Å². The van der Waals surface area contributed by atoms with Crippen molar-refractivity contribution in [2.24, 2.45) is 0 Å². The van der Waals surface area contributed by atoms with Gasteiger partial charge in [-0.1, -0.05) is 58.4 Å². The number of benzene rings is 3. The summed E-state index contributed by atoms with van der Waals surface area (Å²) in [6, 6.07) is 21.7. The molecule has 3 aromatic rings. The van der Waals surface area contributed by atoms with Crippen LogP contribution in [0.5, 0.6) is 0 Å². The Kier molecular flexibility index (Phi) is 5.58. The van der Waals surface area contributed by atoms with Crippen LogP contribution in [0.4, 0.5) is 10.1 Å². The van der Waals surface area contributed by atoms with E-state index in [9.17, 15) is 9.18 Å². The van der Waals surface area contributed by atoms with E-state index < -0.39 is 0 Å². The highest BCUT2D eigenvalue weighted by molar-refractivity contribution is 9.10. The Morgan fingerprint density at radius 1 is 0.966 bits per heavy atom. The van der Waals surface area contributed by atoms with E-state index in [0.717, 1.165) is 26.9 Å². The van der Waals surface area contributed by atoms with Crippen molar-refractivity contribution >= 4 is 39.4 Å². The number of anilines is 1. The first kappa shape index (κ1) is 19.2. The summed E-state index contributed by atoms with van der Waals surface area (Å²) in [7, 11) is 0. The molecule has 144 valence electrons. The van der Waals surface area contributed by atoms with Crippen molar-refractivity contribution in [3.05, 3.63) is 111 Å². The number of hydrogen-bond acceptors (Lipinski definition) is 3. The van der Waals surface area contributed by atoms with Crippen molar-refractivity contribution in [1.29, 1.82) is 0 Å². The summed E-state index contributed by atoms with van der Waals surface area (Å²) in [5, 5.41) is 3.34. The number of carbonyl (C=O) groups excluding carboxylic acids is 1. The zero-order valence-corrected chi connectivity index (χ0v) is 16.9. The SMILES string of the molecule is O=C1OC(c2ccc(Br)cc2)=C/C1=C\c1ccccc1NCc1ccc(F)cc1. The average Bonchev–Trinajstić information content (AvgIpc) is 3.09. The van der Waals surface area contributed by atoms with Crippen LogP contribution in [0.15, 0.2) is 88.9 Å². The second kappa shape index (κ2) is 8.45. The van der Waals surface area contributed by atoms with Crippen LogP contribution in [0.3, 0.4) is 0 Å². The average molecular weight is 450 g/mol. The van der Waals surface area contributed by atoms with Crippen LogP contribution in [0, 0.1) is 5.82 Å². The fourth-order valence-electron chi connectivity index (χ4n) is 3.00. The van der Waals surface area contributed by atoms with Crippen molar-refractivity contribution in [3.8, 4) is 0 Å². The second-order valence-corrected chi connectivity index (χ2v) is 7.49. The summed E-state index contributed by atoms with van der Waals surface area (Å²) in [6.45, 7) is 0.547. The zero-order valence-electron chi connectivity index (χ0n) is 15.4. The number of nitrogens with one attached hydrogen (secondary N) is 1. The van der Waals surface area contributed by atoms with Gasteiger partial charge in [0, 0.05) is 22.3 Å². The van der Waals surface area contributed by atoms with Crippen LogP contribution < -0.4 is 5.32 Å². The van der Waals surface area contributed by atoms with Crippen LogP contribution in [0.2, 0.25) is 0 Å². The maximum absolute atomic E-state index is 13.1. The Labute approximate surface area is 176 Å². The monoisotopic (exact) mass is 449 g/mol. The molecule has 1 heterocycles. The lowest BCUT2D eigenvalue weighted by Gasteiger charge is -2.10. The molecule has 0 radical (unpaired) electrons. The summed E-state index contributed by atoms with van der Waals surface area (Å²) < 4.78 is 19.5. The van der Waals surface area contributed by atoms with E-state index in [1.807, 2.05) is 48.5 Å². The summed E-state index contributed by atoms with van der Waals surface area (Å²) in [4.78, 5) is 12.3. The highest BCUT2D eigenvalue weighted by atomic mass is 79.9. The van der Waals surface area contributed by atoms with E-state index in [2.05, 4.69) is 21.2 Å². The van der Waals surface area contributed by atoms with Crippen molar-refractivity contribution in [2.45, 2.75) is 6.54 Å². The minimum absolute atomic E-state index is 0.257. The van der Waals surface area contributed by atoms with E-state index in [0.29, 0.717) is 17.9 Å².